The zero-order valence-electron chi connectivity index (χ0n) is 9.85. The Hall–Kier alpha value is -0.730. The third kappa shape index (κ3) is 2.69. The second kappa shape index (κ2) is 5.55. The summed E-state index contributed by atoms with van der Waals surface area (Å²) < 4.78 is 12.3. The molecule has 5 atom stereocenters. The molecule has 1 aliphatic heterocycles. The Balaban J connectivity index is 2.82. The lowest BCUT2D eigenvalue weighted by atomic mass is 9.97. The van der Waals surface area contributed by atoms with Gasteiger partial charge in [-0.1, -0.05) is 6.92 Å². The Bertz CT molecular complexity index is 278. The van der Waals surface area contributed by atoms with Gasteiger partial charge in [-0.25, -0.2) is 0 Å². The second-order valence-corrected chi connectivity index (χ2v) is 3.60. The second-order valence-electron chi connectivity index (χ2n) is 3.60. The van der Waals surface area contributed by atoms with Crippen molar-refractivity contribution in [3.05, 3.63) is 0 Å². The van der Waals surface area contributed by atoms with Crippen LogP contribution in [0.1, 0.15) is 13.3 Å². The van der Waals surface area contributed by atoms with E-state index in [1.54, 1.807) is 0 Å². The highest BCUT2D eigenvalue weighted by Crippen LogP contribution is 2.19. The lowest BCUT2D eigenvalue weighted by Crippen LogP contribution is -2.64. The molecule has 1 heterocycles. The number of hydrogen-bond acceptors (Lipinski definition) is 6. The number of ether oxygens (including phenoxy) is 1. The highest BCUT2D eigenvalue weighted by atomic mass is 16.6. The molecule has 0 aromatic heterocycles. The smallest absolute Gasteiger partial charge is 0.220 e. The molecular formula is C9H17NO6. The average Bonchev–Trinajstić information content (AvgIpc) is 2.32. The van der Waals surface area contributed by atoms with E-state index >= 15 is 0 Å². The molecular weight excluding hydrogens is 218 g/mol. The first-order valence-electron chi connectivity index (χ1n) is 5.50. The third-order valence-electron chi connectivity index (χ3n) is 2.46. The van der Waals surface area contributed by atoms with Gasteiger partial charge in [-0.2, -0.15) is 0 Å². The molecule has 0 saturated carbocycles. The van der Waals surface area contributed by atoms with E-state index in [9.17, 15) is 20.1 Å². The maximum Gasteiger partial charge on any atom is 0.220 e. The van der Waals surface area contributed by atoms with E-state index in [4.69, 9.17) is 11.3 Å². The van der Waals surface area contributed by atoms with Crippen LogP contribution < -0.4 is 5.31 Å². The van der Waals surface area contributed by atoms with Crippen LogP contribution in [0.2, 0.25) is 1.41 Å². The highest BCUT2D eigenvalue weighted by molar-refractivity contribution is 5.76. The maximum absolute atomic E-state index is 11.3. The molecule has 1 fully saturated rings. The van der Waals surface area contributed by atoms with Crippen LogP contribution in [0.25, 0.3) is 0 Å². The molecule has 7 nitrogen and oxygen atoms in total. The Morgan fingerprint density at radius 1 is 1.44 bits per heavy atom. The predicted molar refractivity (Wildman–Crippen MR) is 52.2 cm³/mol. The fourth-order valence-electron chi connectivity index (χ4n) is 1.48. The van der Waals surface area contributed by atoms with Crippen molar-refractivity contribution in [1.29, 1.82) is 0 Å². The van der Waals surface area contributed by atoms with E-state index in [1.807, 2.05) is 0 Å². The number of hydrogen-bond donors (Lipinski definition) is 5. The van der Waals surface area contributed by atoms with Crippen molar-refractivity contribution in [3.8, 4) is 0 Å². The summed E-state index contributed by atoms with van der Waals surface area (Å²) >= 11 is 0. The van der Waals surface area contributed by atoms with Gasteiger partial charge in [-0.3, -0.25) is 4.79 Å². The van der Waals surface area contributed by atoms with E-state index in [0.717, 1.165) is 0 Å². The van der Waals surface area contributed by atoms with Crippen molar-refractivity contribution < 1.29 is 31.4 Å². The Labute approximate surface area is 94.1 Å². The summed E-state index contributed by atoms with van der Waals surface area (Å²) in [5.41, 5.74) is 0. The molecule has 1 unspecified atom stereocenters. The van der Waals surface area contributed by atoms with Crippen LogP contribution in [0.15, 0.2) is 0 Å². The lowest BCUT2D eigenvalue weighted by Gasteiger charge is -2.40. The van der Waals surface area contributed by atoms with E-state index < -0.39 is 43.2 Å². The number of carbonyl (C=O) groups is 1. The summed E-state index contributed by atoms with van der Waals surface area (Å²) in [7, 11) is 0. The normalized spacial score (nSPS) is 40.3. The van der Waals surface area contributed by atoms with Gasteiger partial charge in [0.2, 0.25) is 5.91 Å². The first kappa shape index (κ1) is 11.7. The fraction of sp³-hybridized carbons (Fsp3) is 0.889. The van der Waals surface area contributed by atoms with Gasteiger partial charge in [0.05, 0.1) is 6.61 Å². The fourth-order valence-corrected chi connectivity index (χ4v) is 1.48. The third-order valence-corrected chi connectivity index (χ3v) is 2.46. The van der Waals surface area contributed by atoms with Crippen LogP contribution in [0.5, 0.6) is 0 Å². The van der Waals surface area contributed by atoms with Crippen molar-refractivity contribution in [2.45, 2.75) is 44.0 Å². The summed E-state index contributed by atoms with van der Waals surface area (Å²) in [4.78, 5) is 11.3. The number of carbonyl (C=O) groups excluding carboxylic acids is 1. The molecule has 94 valence electrons. The van der Waals surface area contributed by atoms with Crippen molar-refractivity contribution >= 4 is 5.91 Å². The molecule has 16 heavy (non-hydrogen) atoms. The first-order valence-corrected chi connectivity index (χ1v) is 5.05. The molecule has 0 bridgehead atoms. The molecule has 0 aromatic rings. The summed E-state index contributed by atoms with van der Waals surface area (Å²) in [6.07, 6.45) is -5.76. The highest BCUT2D eigenvalue weighted by Gasteiger charge is 2.44. The van der Waals surface area contributed by atoms with Gasteiger partial charge >= 0.3 is 0 Å². The summed E-state index contributed by atoms with van der Waals surface area (Å²) in [6, 6.07) is -1.37. The van der Waals surface area contributed by atoms with Crippen LogP contribution in [-0.4, -0.2) is 63.6 Å². The van der Waals surface area contributed by atoms with Gasteiger partial charge < -0.3 is 30.5 Å². The molecule has 0 radical (unpaired) electrons. The quantitative estimate of drug-likeness (QED) is 0.364. The van der Waals surface area contributed by atoms with Crippen molar-refractivity contribution in [3.63, 3.8) is 0 Å². The topological polar surface area (TPSA) is 119 Å². The number of nitrogens with one attached hydrogen (secondary N) is 1. The van der Waals surface area contributed by atoms with Gasteiger partial charge in [0, 0.05) is 6.42 Å². The van der Waals surface area contributed by atoms with Crippen LogP contribution in [-0.2, 0) is 9.53 Å². The van der Waals surface area contributed by atoms with Crippen LogP contribution in [0.3, 0.4) is 0 Å². The molecule has 1 amide bonds. The van der Waals surface area contributed by atoms with E-state index in [2.05, 4.69) is 0 Å². The largest absolute Gasteiger partial charge is 0.394 e. The number of rotatable bonds is 3. The zero-order valence-corrected chi connectivity index (χ0v) is 8.85. The number of amides is 1. The molecule has 1 saturated heterocycles. The molecule has 5 N–H and O–H groups in total. The zero-order chi connectivity index (χ0) is 13.2. The molecule has 0 spiro atoms. The summed E-state index contributed by atoms with van der Waals surface area (Å²) in [6.45, 7) is 0.945. The summed E-state index contributed by atoms with van der Waals surface area (Å²) in [5, 5.41) is 38.1. The molecule has 0 aromatic carbocycles. The van der Waals surface area contributed by atoms with Gasteiger partial charge in [0.15, 0.2) is 7.70 Å². The number of aliphatic hydroxyl groups excluding tert-OH is 4. The van der Waals surface area contributed by atoms with Crippen molar-refractivity contribution in [2.24, 2.45) is 0 Å². The minimum atomic E-state index is -1.63. The first-order chi connectivity index (χ1) is 7.93. The minimum Gasteiger partial charge on any atom is -0.394 e. The summed E-state index contributed by atoms with van der Waals surface area (Å²) in [5.74, 6) is -0.619. The molecule has 1 rings (SSSR count). The minimum absolute atomic E-state index is 0.0267. The van der Waals surface area contributed by atoms with Gasteiger partial charge in [-0.15, -0.1) is 0 Å². The molecule has 1 aliphatic rings. The average molecular weight is 236 g/mol. The van der Waals surface area contributed by atoms with Crippen molar-refractivity contribution in [1.82, 2.24) is 5.31 Å². The standard InChI is InChI=1S/C9H17NO6/c1-2-5(12)10-6-8(14)7(13)4(3-11)16-9(6)15/h4,6-9,11,13-15H,2-3H2,1H3,(H,10,12)/t4-,6-,7-,8-,9?/m1/s1/i/hD. The Kier molecular flexibility index (Phi) is 4.08. The van der Waals surface area contributed by atoms with Gasteiger partial charge in [-0.05, 0) is 0 Å². The van der Waals surface area contributed by atoms with Crippen LogP contribution in [0, 0.1) is 0 Å². The van der Waals surface area contributed by atoms with E-state index in [1.165, 1.54) is 6.92 Å². The lowest BCUT2D eigenvalue weighted by molar-refractivity contribution is -0.253. The number of aliphatic hydroxyl groups is 4. The molecule has 7 heteroatoms. The molecule has 0 aliphatic carbocycles. The van der Waals surface area contributed by atoms with E-state index in [0.29, 0.717) is 5.31 Å². The van der Waals surface area contributed by atoms with Crippen LogP contribution >= 0.6 is 0 Å². The van der Waals surface area contributed by atoms with E-state index in [-0.39, 0.29) is 6.42 Å². The van der Waals surface area contributed by atoms with Crippen LogP contribution in [0.4, 0.5) is 0 Å². The SMILES string of the molecule is [2H]N(C(=O)CC)[C@H]1C(O)O[C@H](CO)[C@@H](O)[C@@H]1O. The Morgan fingerprint density at radius 2 is 2.06 bits per heavy atom. The maximum atomic E-state index is 11.3. The monoisotopic (exact) mass is 236 g/mol. The van der Waals surface area contributed by atoms with Crippen molar-refractivity contribution in [2.75, 3.05) is 6.61 Å². The predicted octanol–water partition coefficient (Wildman–Crippen LogP) is -2.69. The van der Waals surface area contributed by atoms with Gasteiger partial charge in [0.1, 0.15) is 24.4 Å². The van der Waals surface area contributed by atoms with Gasteiger partial charge in [0.25, 0.3) is 0 Å². The Morgan fingerprint density at radius 3 is 2.56 bits per heavy atom.